The van der Waals surface area contributed by atoms with Crippen molar-refractivity contribution in [3.8, 4) is 5.69 Å². The summed E-state index contributed by atoms with van der Waals surface area (Å²) < 4.78 is 1.77. The van der Waals surface area contributed by atoms with Crippen LogP contribution in [0.25, 0.3) is 5.69 Å². The quantitative estimate of drug-likeness (QED) is 0.575. The normalized spacial score (nSPS) is 11.9. The molecule has 2 rings (SSSR count). The Balaban J connectivity index is 2.33. The maximum Gasteiger partial charge on any atom is 0.326 e. The topological polar surface area (TPSA) is 124 Å². The summed E-state index contributed by atoms with van der Waals surface area (Å²) in [7, 11) is 0. The number of carboxylic acids is 2. The minimum atomic E-state index is -1.16. The van der Waals surface area contributed by atoms with Crippen molar-refractivity contribution in [1.82, 2.24) is 20.2 Å². The Bertz CT molecular complexity index is 786. The summed E-state index contributed by atoms with van der Waals surface area (Å²) in [6.07, 6.45) is 1.14. The number of aromatic amines is 1. The molecule has 0 radical (unpaired) electrons. The van der Waals surface area contributed by atoms with Crippen LogP contribution in [0.1, 0.15) is 26.2 Å². The van der Waals surface area contributed by atoms with E-state index in [0.29, 0.717) is 17.9 Å². The third-order valence-corrected chi connectivity index (χ3v) is 3.96. The van der Waals surface area contributed by atoms with Gasteiger partial charge in [0.15, 0.2) is 0 Å². The van der Waals surface area contributed by atoms with Gasteiger partial charge in [0.25, 0.3) is 0 Å². The van der Waals surface area contributed by atoms with Gasteiger partial charge in [0.05, 0.1) is 12.1 Å². The predicted molar refractivity (Wildman–Crippen MR) is 92.5 cm³/mol. The number of carbonyl (C=O) groups is 2. The molecule has 1 atom stereocenters. The van der Waals surface area contributed by atoms with E-state index >= 15 is 0 Å². The van der Waals surface area contributed by atoms with E-state index in [1.165, 1.54) is 4.68 Å². The molecule has 1 heterocycles. The molecule has 0 saturated carbocycles. The van der Waals surface area contributed by atoms with E-state index in [2.05, 4.69) is 15.5 Å². The highest BCUT2D eigenvalue weighted by atomic mass is 32.1. The highest BCUT2D eigenvalue weighted by molar-refractivity contribution is 7.71. The number of unbranched alkanes of at least 4 members (excludes halogenated alkanes) is 1. The number of carboxylic acid groups (broad SMARTS) is 2. The number of aromatic nitrogens is 4. The molecule has 0 bridgehead atoms. The van der Waals surface area contributed by atoms with Crippen molar-refractivity contribution >= 4 is 29.8 Å². The van der Waals surface area contributed by atoms with E-state index in [-0.39, 0.29) is 4.77 Å². The zero-order valence-corrected chi connectivity index (χ0v) is 14.4. The van der Waals surface area contributed by atoms with Crippen molar-refractivity contribution in [3.63, 3.8) is 0 Å². The van der Waals surface area contributed by atoms with Crippen molar-refractivity contribution in [1.29, 1.82) is 0 Å². The van der Waals surface area contributed by atoms with E-state index in [1.807, 2.05) is 6.92 Å². The van der Waals surface area contributed by atoms with E-state index in [1.54, 1.807) is 29.2 Å². The molecule has 1 aromatic carbocycles. The molecule has 2 aromatic rings. The molecule has 0 aliphatic heterocycles. The number of H-pyrrole nitrogens is 1. The van der Waals surface area contributed by atoms with Gasteiger partial charge in [-0.2, -0.15) is 5.21 Å². The molecule has 134 valence electrons. The molecule has 0 fully saturated rings. The van der Waals surface area contributed by atoms with Crippen molar-refractivity contribution in [3.05, 3.63) is 29.0 Å². The van der Waals surface area contributed by atoms with Crippen LogP contribution in [-0.2, 0) is 9.59 Å². The Kier molecular flexibility index (Phi) is 6.23. The fourth-order valence-corrected chi connectivity index (χ4v) is 2.64. The van der Waals surface area contributed by atoms with Crippen LogP contribution in [0.5, 0.6) is 0 Å². The Morgan fingerprint density at radius 2 is 2.00 bits per heavy atom. The summed E-state index contributed by atoms with van der Waals surface area (Å²) in [6, 6.07) is 5.80. The van der Waals surface area contributed by atoms with Gasteiger partial charge in [-0.1, -0.05) is 23.7 Å². The number of anilines is 1. The fourth-order valence-electron chi connectivity index (χ4n) is 2.45. The molecule has 0 aliphatic rings. The van der Waals surface area contributed by atoms with Gasteiger partial charge >= 0.3 is 11.9 Å². The molecule has 1 unspecified atom stereocenters. The number of nitrogens with zero attached hydrogens (tertiary/aromatic N) is 4. The lowest BCUT2D eigenvalue weighted by molar-refractivity contribution is -0.145. The molecule has 0 amide bonds. The van der Waals surface area contributed by atoms with Gasteiger partial charge in [-0.3, -0.25) is 4.79 Å². The van der Waals surface area contributed by atoms with E-state index in [0.717, 1.165) is 12.8 Å². The van der Waals surface area contributed by atoms with Gasteiger partial charge in [-0.05, 0) is 42.9 Å². The smallest absolute Gasteiger partial charge is 0.326 e. The number of nitrogens with one attached hydrogen (secondary N) is 1. The number of aliphatic carboxylic acids is 2. The number of hydrogen-bond donors (Lipinski definition) is 3. The lowest BCUT2D eigenvalue weighted by atomic mass is 10.1. The Morgan fingerprint density at radius 1 is 1.32 bits per heavy atom. The largest absolute Gasteiger partial charge is 0.481 e. The van der Waals surface area contributed by atoms with Crippen LogP contribution >= 0.6 is 12.2 Å². The summed E-state index contributed by atoms with van der Waals surface area (Å²) >= 11 is 5.04. The predicted octanol–water partition coefficient (Wildman–Crippen LogP) is 1.86. The first-order valence-corrected chi connectivity index (χ1v) is 8.16. The summed E-state index contributed by atoms with van der Waals surface area (Å²) in [5.41, 5.74) is 1.32. The maximum atomic E-state index is 11.6. The van der Waals surface area contributed by atoms with Crippen LogP contribution in [0.3, 0.4) is 0 Å². The summed E-state index contributed by atoms with van der Waals surface area (Å²) in [6.45, 7) is 2.44. The molecule has 0 aliphatic carbocycles. The maximum absolute atomic E-state index is 11.6. The SMILES string of the molecule is CCCCN(c1ccc(-n2[nH]nnc2=S)cc1)C(CC(=O)O)C(=O)O. The molecule has 3 N–H and O–H groups in total. The highest BCUT2D eigenvalue weighted by Gasteiger charge is 2.28. The zero-order valence-electron chi connectivity index (χ0n) is 13.6. The second kappa shape index (κ2) is 8.38. The summed E-state index contributed by atoms with van der Waals surface area (Å²) in [4.78, 5) is 24.2. The molecule has 10 heteroatoms. The second-order valence-electron chi connectivity index (χ2n) is 5.43. The van der Waals surface area contributed by atoms with Gasteiger partial charge in [0.2, 0.25) is 4.77 Å². The fraction of sp³-hybridized carbons (Fsp3) is 0.400. The highest BCUT2D eigenvalue weighted by Crippen LogP contribution is 2.22. The van der Waals surface area contributed by atoms with Crippen LogP contribution < -0.4 is 4.90 Å². The van der Waals surface area contributed by atoms with Gasteiger partial charge in [-0.15, -0.1) is 0 Å². The Morgan fingerprint density at radius 3 is 2.48 bits per heavy atom. The van der Waals surface area contributed by atoms with Gasteiger partial charge in [-0.25, -0.2) is 9.48 Å². The van der Waals surface area contributed by atoms with Gasteiger partial charge < -0.3 is 15.1 Å². The lowest BCUT2D eigenvalue weighted by Gasteiger charge is -2.30. The first kappa shape index (κ1) is 18.6. The average molecular weight is 365 g/mol. The first-order chi connectivity index (χ1) is 11.9. The average Bonchev–Trinajstić information content (AvgIpc) is 3.00. The minimum Gasteiger partial charge on any atom is -0.481 e. The van der Waals surface area contributed by atoms with E-state index < -0.39 is 24.4 Å². The van der Waals surface area contributed by atoms with Crippen LogP contribution in [0.2, 0.25) is 0 Å². The molecule has 25 heavy (non-hydrogen) atoms. The van der Waals surface area contributed by atoms with Crippen molar-refractivity contribution in [2.24, 2.45) is 0 Å². The van der Waals surface area contributed by atoms with Crippen molar-refractivity contribution in [2.75, 3.05) is 11.4 Å². The van der Waals surface area contributed by atoms with E-state index in [4.69, 9.17) is 17.3 Å². The molecular formula is C15H19N5O4S. The van der Waals surface area contributed by atoms with Crippen LogP contribution in [0.4, 0.5) is 5.69 Å². The molecule has 0 saturated heterocycles. The molecule has 9 nitrogen and oxygen atoms in total. The summed E-state index contributed by atoms with van der Waals surface area (Å²) in [5, 5.41) is 28.4. The number of rotatable bonds is 9. The lowest BCUT2D eigenvalue weighted by Crippen LogP contribution is -2.43. The minimum absolute atomic E-state index is 0.268. The van der Waals surface area contributed by atoms with E-state index in [9.17, 15) is 14.7 Å². The monoisotopic (exact) mass is 365 g/mol. The third-order valence-electron chi connectivity index (χ3n) is 3.69. The van der Waals surface area contributed by atoms with Crippen LogP contribution in [-0.4, -0.2) is 54.9 Å². The van der Waals surface area contributed by atoms with Crippen molar-refractivity contribution in [2.45, 2.75) is 32.2 Å². The Hall–Kier alpha value is -2.75. The first-order valence-electron chi connectivity index (χ1n) is 7.75. The molecule has 0 spiro atoms. The van der Waals surface area contributed by atoms with Crippen LogP contribution in [0.15, 0.2) is 24.3 Å². The number of benzene rings is 1. The van der Waals surface area contributed by atoms with Crippen LogP contribution in [0, 0.1) is 4.77 Å². The number of tetrazole rings is 1. The third kappa shape index (κ3) is 4.63. The van der Waals surface area contributed by atoms with Gasteiger partial charge in [0.1, 0.15) is 6.04 Å². The zero-order chi connectivity index (χ0) is 18.4. The molecular weight excluding hydrogens is 346 g/mol. The molecule has 1 aromatic heterocycles. The van der Waals surface area contributed by atoms with Crippen molar-refractivity contribution < 1.29 is 19.8 Å². The second-order valence-corrected chi connectivity index (χ2v) is 5.80. The van der Waals surface area contributed by atoms with Gasteiger partial charge in [0, 0.05) is 12.2 Å². The summed E-state index contributed by atoms with van der Waals surface area (Å²) in [5.74, 6) is -2.32. The Labute approximate surface area is 148 Å². The standard InChI is InChI=1S/C15H19N5O4S/c1-2-3-8-19(12(14(23)24)9-13(21)22)10-4-6-11(7-5-10)20-15(25)16-17-18-20/h4-7,12H,2-3,8-9H2,1H3,(H,21,22)(H,23,24)(H,16,18,25). The number of hydrogen-bond acceptors (Lipinski definition) is 6.